The van der Waals surface area contributed by atoms with E-state index in [1.54, 1.807) is 32.4 Å². The number of amides is 1. The van der Waals surface area contributed by atoms with Gasteiger partial charge >= 0.3 is 0 Å². The van der Waals surface area contributed by atoms with E-state index in [1.165, 1.54) is 16.3 Å². The molecule has 1 heterocycles. The van der Waals surface area contributed by atoms with Gasteiger partial charge in [-0.1, -0.05) is 36.4 Å². The van der Waals surface area contributed by atoms with Gasteiger partial charge in [0, 0.05) is 44.4 Å². The van der Waals surface area contributed by atoms with Crippen LogP contribution in [0.3, 0.4) is 0 Å². The standard InChI is InChI=1S/C26H30N2O3/c1-27(26(29)22-15-24(30-2)17-25(16-22)31-3)23-10-12-28(13-11-23)18-19-8-9-20-6-4-5-7-21(20)14-19/h4-9,14-17,23H,10-13,18H2,1-3H3. The topological polar surface area (TPSA) is 42.0 Å². The zero-order valence-electron chi connectivity index (χ0n) is 18.5. The normalized spacial score (nSPS) is 15.1. The van der Waals surface area contributed by atoms with Gasteiger partial charge in [0.05, 0.1) is 14.2 Å². The second-order valence-electron chi connectivity index (χ2n) is 8.21. The van der Waals surface area contributed by atoms with Gasteiger partial charge in [0.15, 0.2) is 0 Å². The van der Waals surface area contributed by atoms with E-state index in [4.69, 9.17) is 9.47 Å². The van der Waals surface area contributed by atoms with Gasteiger partial charge in [-0.3, -0.25) is 9.69 Å². The van der Waals surface area contributed by atoms with E-state index in [0.29, 0.717) is 17.1 Å². The summed E-state index contributed by atoms with van der Waals surface area (Å²) in [5, 5.41) is 2.56. The van der Waals surface area contributed by atoms with E-state index >= 15 is 0 Å². The molecule has 3 aromatic rings. The molecule has 1 fully saturated rings. The molecule has 1 aliphatic heterocycles. The van der Waals surface area contributed by atoms with Crippen molar-refractivity contribution in [2.24, 2.45) is 0 Å². The monoisotopic (exact) mass is 418 g/mol. The van der Waals surface area contributed by atoms with Crippen LogP contribution in [0.1, 0.15) is 28.8 Å². The summed E-state index contributed by atoms with van der Waals surface area (Å²) >= 11 is 0. The molecular weight excluding hydrogens is 388 g/mol. The van der Waals surface area contributed by atoms with Gasteiger partial charge in [-0.2, -0.15) is 0 Å². The molecule has 0 aromatic heterocycles. The molecule has 0 saturated carbocycles. The molecule has 1 aliphatic rings. The Balaban J connectivity index is 1.37. The molecule has 3 aromatic carbocycles. The van der Waals surface area contributed by atoms with Gasteiger partial charge in [0.25, 0.3) is 5.91 Å². The van der Waals surface area contributed by atoms with E-state index in [1.807, 2.05) is 11.9 Å². The van der Waals surface area contributed by atoms with Crippen molar-refractivity contribution in [1.29, 1.82) is 0 Å². The lowest BCUT2D eigenvalue weighted by Gasteiger charge is -2.37. The number of hydrogen-bond donors (Lipinski definition) is 0. The van der Waals surface area contributed by atoms with Crippen LogP contribution in [0.4, 0.5) is 0 Å². The summed E-state index contributed by atoms with van der Waals surface area (Å²) in [4.78, 5) is 17.4. The number of piperidine rings is 1. The minimum atomic E-state index is 0.00480. The summed E-state index contributed by atoms with van der Waals surface area (Å²) < 4.78 is 10.6. The summed E-state index contributed by atoms with van der Waals surface area (Å²) in [6.45, 7) is 2.91. The van der Waals surface area contributed by atoms with Crippen LogP contribution in [0, 0.1) is 0 Å². The minimum absolute atomic E-state index is 0.00480. The molecule has 0 aliphatic carbocycles. The smallest absolute Gasteiger partial charge is 0.254 e. The van der Waals surface area contributed by atoms with E-state index in [0.717, 1.165) is 32.5 Å². The van der Waals surface area contributed by atoms with Crippen molar-refractivity contribution >= 4 is 16.7 Å². The Kier molecular flexibility index (Phi) is 6.42. The third-order valence-electron chi connectivity index (χ3n) is 6.24. The fourth-order valence-electron chi connectivity index (χ4n) is 4.36. The Morgan fingerprint density at radius 2 is 1.58 bits per heavy atom. The molecule has 0 atom stereocenters. The molecule has 0 unspecified atom stereocenters. The van der Waals surface area contributed by atoms with Gasteiger partial charge < -0.3 is 14.4 Å². The van der Waals surface area contributed by atoms with Crippen LogP contribution >= 0.6 is 0 Å². The predicted octanol–water partition coefficient (Wildman–Crippen LogP) is 4.59. The van der Waals surface area contributed by atoms with Crippen LogP contribution < -0.4 is 9.47 Å². The number of benzene rings is 3. The summed E-state index contributed by atoms with van der Waals surface area (Å²) in [5.41, 5.74) is 1.93. The number of carbonyl (C=O) groups excluding carboxylic acids is 1. The van der Waals surface area contributed by atoms with Crippen molar-refractivity contribution in [1.82, 2.24) is 9.80 Å². The largest absolute Gasteiger partial charge is 0.497 e. The Morgan fingerprint density at radius 1 is 0.935 bits per heavy atom. The zero-order valence-corrected chi connectivity index (χ0v) is 18.5. The molecule has 31 heavy (non-hydrogen) atoms. The Bertz CT molecular complexity index is 1040. The first kappa shape index (κ1) is 21.2. The van der Waals surface area contributed by atoms with Gasteiger partial charge in [-0.15, -0.1) is 0 Å². The minimum Gasteiger partial charge on any atom is -0.497 e. The third-order valence-corrected chi connectivity index (χ3v) is 6.24. The van der Waals surface area contributed by atoms with Crippen LogP contribution in [0.25, 0.3) is 10.8 Å². The molecule has 5 heteroatoms. The quantitative estimate of drug-likeness (QED) is 0.587. The van der Waals surface area contributed by atoms with Gasteiger partial charge in [-0.05, 0) is 47.4 Å². The van der Waals surface area contributed by atoms with Crippen LogP contribution in [-0.4, -0.2) is 56.1 Å². The fourth-order valence-corrected chi connectivity index (χ4v) is 4.36. The second kappa shape index (κ2) is 9.40. The van der Waals surface area contributed by atoms with Gasteiger partial charge in [-0.25, -0.2) is 0 Å². The number of ether oxygens (including phenoxy) is 2. The first-order valence-electron chi connectivity index (χ1n) is 10.8. The highest BCUT2D eigenvalue weighted by Gasteiger charge is 2.26. The average molecular weight is 419 g/mol. The number of carbonyl (C=O) groups is 1. The molecule has 1 saturated heterocycles. The number of rotatable bonds is 6. The summed E-state index contributed by atoms with van der Waals surface area (Å²) in [6, 6.07) is 20.7. The lowest BCUT2D eigenvalue weighted by Crippen LogP contribution is -2.45. The zero-order chi connectivity index (χ0) is 21.8. The molecule has 1 amide bonds. The lowest BCUT2D eigenvalue weighted by atomic mass is 10.0. The van der Waals surface area contributed by atoms with Crippen molar-refractivity contribution in [3.05, 3.63) is 71.8 Å². The first-order valence-corrected chi connectivity index (χ1v) is 10.8. The van der Waals surface area contributed by atoms with Gasteiger partial charge in [0.1, 0.15) is 11.5 Å². The van der Waals surface area contributed by atoms with Crippen molar-refractivity contribution < 1.29 is 14.3 Å². The molecular formula is C26H30N2O3. The highest BCUT2D eigenvalue weighted by Crippen LogP contribution is 2.25. The molecule has 5 nitrogen and oxygen atoms in total. The maximum Gasteiger partial charge on any atom is 0.254 e. The van der Waals surface area contributed by atoms with Crippen LogP contribution in [0.15, 0.2) is 60.7 Å². The van der Waals surface area contributed by atoms with Crippen molar-refractivity contribution in [2.45, 2.75) is 25.4 Å². The number of likely N-dealkylation sites (tertiary alicyclic amines) is 1. The molecule has 0 bridgehead atoms. The fraction of sp³-hybridized carbons (Fsp3) is 0.346. The van der Waals surface area contributed by atoms with Gasteiger partial charge in [0.2, 0.25) is 0 Å². The lowest BCUT2D eigenvalue weighted by molar-refractivity contribution is 0.0635. The summed E-state index contributed by atoms with van der Waals surface area (Å²) in [7, 11) is 5.09. The Morgan fingerprint density at radius 3 is 2.23 bits per heavy atom. The number of nitrogens with zero attached hydrogens (tertiary/aromatic N) is 2. The van der Waals surface area contributed by atoms with E-state index in [9.17, 15) is 4.79 Å². The highest BCUT2D eigenvalue weighted by molar-refractivity contribution is 5.95. The Hall–Kier alpha value is -3.05. The number of methoxy groups -OCH3 is 2. The van der Waals surface area contributed by atoms with Crippen LogP contribution in [-0.2, 0) is 6.54 Å². The predicted molar refractivity (Wildman–Crippen MR) is 124 cm³/mol. The molecule has 4 rings (SSSR count). The van der Waals surface area contributed by atoms with E-state index < -0.39 is 0 Å². The molecule has 162 valence electrons. The van der Waals surface area contributed by atoms with E-state index in [2.05, 4.69) is 47.4 Å². The maximum atomic E-state index is 13.1. The van der Waals surface area contributed by atoms with Crippen LogP contribution in [0.2, 0.25) is 0 Å². The highest BCUT2D eigenvalue weighted by atomic mass is 16.5. The summed E-state index contributed by atoms with van der Waals surface area (Å²) in [5.74, 6) is 1.26. The summed E-state index contributed by atoms with van der Waals surface area (Å²) in [6.07, 6.45) is 1.94. The SMILES string of the molecule is COc1cc(OC)cc(C(=O)N(C)C2CCN(Cc3ccc4ccccc4c3)CC2)c1. The maximum absolute atomic E-state index is 13.1. The third kappa shape index (κ3) is 4.83. The average Bonchev–Trinajstić information content (AvgIpc) is 2.83. The second-order valence-corrected chi connectivity index (χ2v) is 8.21. The van der Waals surface area contributed by atoms with Crippen molar-refractivity contribution in [2.75, 3.05) is 34.4 Å². The molecule has 0 spiro atoms. The van der Waals surface area contributed by atoms with E-state index in [-0.39, 0.29) is 11.9 Å². The number of hydrogen-bond acceptors (Lipinski definition) is 4. The first-order chi connectivity index (χ1) is 15.1. The van der Waals surface area contributed by atoms with Crippen molar-refractivity contribution in [3.63, 3.8) is 0 Å². The Labute approximate surface area is 184 Å². The van der Waals surface area contributed by atoms with Crippen molar-refractivity contribution in [3.8, 4) is 11.5 Å². The molecule has 0 N–H and O–H groups in total. The van der Waals surface area contributed by atoms with Crippen LogP contribution in [0.5, 0.6) is 11.5 Å². The number of fused-ring (bicyclic) bond motifs is 1. The molecule has 0 radical (unpaired) electrons.